The van der Waals surface area contributed by atoms with E-state index in [0.717, 1.165) is 5.56 Å². The predicted octanol–water partition coefficient (Wildman–Crippen LogP) is -0.302. The lowest BCUT2D eigenvalue weighted by molar-refractivity contribution is -0.139. The van der Waals surface area contributed by atoms with Gasteiger partial charge in [-0.1, -0.05) is 44.2 Å². The minimum atomic E-state index is -1.14. The number of carbonyl (C=O) groups excluding carboxylic acids is 4. The summed E-state index contributed by atoms with van der Waals surface area (Å²) >= 11 is 0. The van der Waals surface area contributed by atoms with Gasteiger partial charge in [0.1, 0.15) is 17.8 Å². The van der Waals surface area contributed by atoms with Crippen molar-refractivity contribution in [2.24, 2.45) is 11.8 Å². The molecule has 12 nitrogen and oxygen atoms in total. The molecule has 1 aliphatic heterocycles. The minimum Gasteiger partial charge on any atom is -0.506 e. The van der Waals surface area contributed by atoms with Gasteiger partial charge in [0.15, 0.2) is 0 Å². The maximum Gasteiger partial charge on any atom is 0.552 e. The maximum atomic E-state index is 13.4. The molecule has 5 N–H and O–H groups in total. The quantitative estimate of drug-likeness (QED) is 0.141. The zero-order chi connectivity index (χ0) is 26.1. The molecule has 190 valence electrons. The number of hydrogen-bond acceptors (Lipinski definition) is 9. The van der Waals surface area contributed by atoms with Crippen molar-refractivity contribution >= 4 is 30.8 Å². The van der Waals surface area contributed by atoms with E-state index in [0.29, 0.717) is 6.42 Å². The van der Waals surface area contributed by atoms with Crippen molar-refractivity contribution < 1.29 is 28.5 Å². The van der Waals surface area contributed by atoms with Crippen LogP contribution in [0.2, 0.25) is 0 Å². The smallest absolute Gasteiger partial charge is 0.506 e. The zero-order valence-corrected chi connectivity index (χ0v) is 20.0. The van der Waals surface area contributed by atoms with Crippen LogP contribution in [0.15, 0.2) is 48.9 Å². The van der Waals surface area contributed by atoms with Crippen molar-refractivity contribution in [1.82, 2.24) is 26.0 Å². The summed E-state index contributed by atoms with van der Waals surface area (Å²) in [5, 5.41) is 5.57. The fraction of sp³-hybridized carbons (Fsp3) is 0.391. The molecule has 0 spiro atoms. The Labute approximate surface area is 208 Å². The van der Waals surface area contributed by atoms with Crippen LogP contribution in [0.25, 0.3) is 0 Å². The molecule has 0 aliphatic carbocycles. The molecule has 36 heavy (non-hydrogen) atoms. The second kappa shape index (κ2) is 12.7. The summed E-state index contributed by atoms with van der Waals surface area (Å²) in [5.74, 6) is 2.11. The molecule has 0 radical (unpaired) electrons. The first-order valence-corrected chi connectivity index (χ1v) is 11.5. The average molecular weight is 496 g/mol. The molecule has 2 aromatic rings. The van der Waals surface area contributed by atoms with Crippen LogP contribution in [-0.2, 0) is 30.1 Å². The van der Waals surface area contributed by atoms with Crippen molar-refractivity contribution in [2.45, 2.75) is 51.2 Å². The fourth-order valence-corrected chi connectivity index (χ4v) is 3.71. The molecule has 3 rings (SSSR count). The van der Waals surface area contributed by atoms with E-state index in [2.05, 4.69) is 20.6 Å². The molecular formula is C23H29BN6O6. The number of hydrogen-bond donors (Lipinski definition) is 4. The number of carbonyl (C=O) groups is 4. The topological polar surface area (TPSA) is 175 Å². The van der Waals surface area contributed by atoms with Crippen LogP contribution in [0.1, 0.15) is 42.7 Å². The predicted molar refractivity (Wildman–Crippen MR) is 128 cm³/mol. The van der Waals surface area contributed by atoms with Gasteiger partial charge in [0, 0.05) is 18.8 Å². The maximum absolute atomic E-state index is 13.4. The van der Waals surface area contributed by atoms with E-state index in [1.165, 1.54) is 18.6 Å². The van der Waals surface area contributed by atoms with E-state index in [1.54, 1.807) is 0 Å². The van der Waals surface area contributed by atoms with Crippen molar-refractivity contribution in [1.29, 1.82) is 0 Å². The van der Waals surface area contributed by atoms with Gasteiger partial charge in [-0.3, -0.25) is 29.6 Å². The first-order valence-electron chi connectivity index (χ1n) is 11.5. The second-order valence-electron chi connectivity index (χ2n) is 8.75. The summed E-state index contributed by atoms with van der Waals surface area (Å²) in [4.78, 5) is 57.9. The molecule has 2 heterocycles. The van der Waals surface area contributed by atoms with Gasteiger partial charge in [0.25, 0.3) is 5.91 Å². The van der Waals surface area contributed by atoms with Crippen LogP contribution in [0.5, 0.6) is 0 Å². The lowest BCUT2D eigenvalue weighted by atomic mass is 9.74. The molecular weight excluding hydrogens is 467 g/mol. The lowest BCUT2D eigenvalue weighted by Crippen LogP contribution is -2.55. The molecule has 1 saturated heterocycles. The Morgan fingerprint density at radius 1 is 1.14 bits per heavy atom. The number of nitrogens with two attached hydrogens (primary N) is 1. The van der Waals surface area contributed by atoms with Crippen molar-refractivity contribution in [3.63, 3.8) is 0 Å². The number of nitrogens with zero attached hydrogens (tertiary/aromatic N) is 2. The van der Waals surface area contributed by atoms with Crippen LogP contribution in [0, 0.1) is 5.92 Å². The number of nitrogens with one attached hydrogen (secondary N) is 3. The molecule has 0 bridgehead atoms. The Kier molecular flexibility index (Phi) is 9.48. The molecule has 1 aliphatic rings. The Hall–Kier alpha value is -3.84. The number of amides is 3. The molecule has 1 aromatic carbocycles. The van der Waals surface area contributed by atoms with E-state index < -0.39 is 48.9 Å². The highest BCUT2D eigenvalue weighted by Crippen LogP contribution is 2.20. The first kappa shape index (κ1) is 26.8. The van der Waals surface area contributed by atoms with Gasteiger partial charge in [-0.05, 0) is 17.9 Å². The first-order chi connectivity index (χ1) is 17.3. The Bertz CT molecular complexity index is 1060. The number of hydrazine groups is 1. The molecule has 3 atom stereocenters. The van der Waals surface area contributed by atoms with Crippen molar-refractivity contribution in [3.8, 4) is 0 Å². The van der Waals surface area contributed by atoms with E-state index in [1.807, 2.05) is 49.6 Å². The van der Waals surface area contributed by atoms with Gasteiger partial charge < -0.3 is 19.9 Å². The number of aromatic nitrogens is 2. The Balaban J connectivity index is 1.76. The van der Waals surface area contributed by atoms with E-state index in [4.69, 9.17) is 15.2 Å². The summed E-state index contributed by atoms with van der Waals surface area (Å²) in [6.07, 6.45) is 3.30. The van der Waals surface area contributed by atoms with E-state index in [-0.39, 0.29) is 24.5 Å². The second-order valence-corrected chi connectivity index (χ2v) is 8.75. The van der Waals surface area contributed by atoms with Gasteiger partial charge in [-0.25, -0.2) is 10.8 Å². The summed E-state index contributed by atoms with van der Waals surface area (Å²) in [6, 6.07) is 8.24. The highest BCUT2D eigenvalue weighted by atomic mass is 16.7. The fourth-order valence-electron chi connectivity index (χ4n) is 3.71. The molecule has 3 amide bonds. The monoisotopic (exact) mass is 496 g/mol. The van der Waals surface area contributed by atoms with Gasteiger partial charge in [0.05, 0.1) is 18.6 Å². The third-order valence-electron chi connectivity index (χ3n) is 5.41. The van der Waals surface area contributed by atoms with Crippen LogP contribution in [-0.4, -0.2) is 58.9 Å². The van der Waals surface area contributed by atoms with E-state index >= 15 is 0 Å². The molecule has 1 fully saturated rings. The standard InChI is InChI=1S/C23H29BN6O6/c1-14(2)10-19(24-35-18(23(34)36-24)12-20(31)30-25)29-21(32)16(11-15-6-4-3-5-7-15)28-22(33)17-13-26-8-9-27-17/h3-9,13-14,16,18-19H,10-12,25H2,1-2H3,(H,28,33)(H,29,32)(H,30,31)/t16-,18?,19-/m0/s1. The highest BCUT2D eigenvalue weighted by Gasteiger charge is 2.47. The summed E-state index contributed by atoms with van der Waals surface area (Å²) in [7, 11) is -1.10. The molecule has 1 aromatic heterocycles. The van der Waals surface area contributed by atoms with Crippen LogP contribution < -0.4 is 21.9 Å². The van der Waals surface area contributed by atoms with Gasteiger partial charge >= 0.3 is 13.1 Å². The molecule has 0 saturated carbocycles. The molecule has 13 heteroatoms. The zero-order valence-electron chi connectivity index (χ0n) is 20.0. The minimum absolute atomic E-state index is 0.0659. The van der Waals surface area contributed by atoms with Crippen LogP contribution in [0.3, 0.4) is 0 Å². The number of benzene rings is 1. The van der Waals surface area contributed by atoms with Gasteiger partial charge in [-0.15, -0.1) is 0 Å². The summed E-state index contributed by atoms with van der Waals surface area (Å²) < 4.78 is 11.0. The third-order valence-corrected chi connectivity index (χ3v) is 5.41. The van der Waals surface area contributed by atoms with Gasteiger partial charge in [-0.2, -0.15) is 0 Å². The highest BCUT2D eigenvalue weighted by molar-refractivity contribution is 6.51. The largest absolute Gasteiger partial charge is 0.552 e. The molecule has 1 unspecified atom stereocenters. The average Bonchev–Trinajstić information content (AvgIpc) is 3.23. The summed E-state index contributed by atoms with van der Waals surface area (Å²) in [6.45, 7) is 3.87. The van der Waals surface area contributed by atoms with Crippen LogP contribution in [0.4, 0.5) is 0 Å². The number of rotatable bonds is 11. The Morgan fingerprint density at radius 3 is 2.53 bits per heavy atom. The van der Waals surface area contributed by atoms with Gasteiger partial charge in [0.2, 0.25) is 11.8 Å². The Morgan fingerprint density at radius 2 is 1.89 bits per heavy atom. The normalized spacial score (nSPS) is 16.7. The van der Waals surface area contributed by atoms with Crippen molar-refractivity contribution in [2.75, 3.05) is 0 Å². The summed E-state index contributed by atoms with van der Waals surface area (Å²) in [5.41, 5.74) is 2.84. The van der Waals surface area contributed by atoms with Crippen LogP contribution >= 0.6 is 0 Å². The van der Waals surface area contributed by atoms with Crippen molar-refractivity contribution in [3.05, 3.63) is 60.2 Å². The third kappa shape index (κ3) is 7.58. The SMILES string of the molecule is CC(C)C[C@H](NC(=O)[C@H](Cc1ccccc1)NC(=O)c1cnccn1)B1OC(=O)C(CC(=O)NN)O1. The lowest BCUT2D eigenvalue weighted by Gasteiger charge is -2.25. The van der Waals surface area contributed by atoms with E-state index in [9.17, 15) is 19.2 Å².